The molecule has 0 aliphatic rings. The highest BCUT2D eigenvalue weighted by Crippen LogP contribution is 2.45. The van der Waals surface area contributed by atoms with Crippen LogP contribution in [0.4, 0.5) is 17.1 Å². The van der Waals surface area contributed by atoms with Crippen LogP contribution in [0.1, 0.15) is 0 Å². The van der Waals surface area contributed by atoms with Crippen molar-refractivity contribution in [2.45, 2.75) is 0 Å². The van der Waals surface area contributed by atoms with Crippen LogP contribution in [0.3, 0.4) is 0 Å². The summed E-state index contributed by atoms with van der Waals surface area (Å²) in [7, 11) is 0. The Morgan fingerprint density at radius 3 is 1.62 bits per heavy atom. The van der Waals surface area contributed by atoms with Gasteiger partial charge in [-0.2, -0.15) is 0 Å². The molecule has 3 heteroatoms. The molecular weight excluding hydrogens is 609 g/mol. The van der Waals surface area contributed by atoms with Crippen molar-refractivity contribution in [1.29, 1.82) is 0 Å². The molecule has 0 spiro atoms. The second-order valence-electron chi connectivity index (χ2n) is 12.8. The second-order valence-corrected chi connectivity index (χ2v) is 12.8. The number of aromatic nitrogens is 1. The Bertz CT molecular complexity index is 2770. The molecule has 0 atom stereocenters. The van der Waals surface area contributed by atoms with Crippen molar-refractivity contribution in [2.75, 3.05) is 4.90 Å². The molecule has 2 aromatic heterocycles. The SMILES string of the molecule is c1cc(-c2cccc3ccccc23)cc(N(c2cccc(-c3cccc4ccccc34)c2)c2cccc3c2oc2c4cccnc4ccc32)c1. The summed E-state index contributed by atoms with van der Waals surface area (Å²) in [6, 6.07) is 62.7. The average Bonchev–Trinajstić information content (AvgIpc) is 3.58. The Balaban J connectivity index is 1.23. The first-order valence-electron chi connectivity index (χ1n) is 17.0. The molecule has 0 radical (unpaired) electrons. The van der Waals surface area contributed by atoms with E-state index in [1.165, 1.54) is 32.7 Å². The van der Waals surface area contributed by atoms with Crippen molar-refractivity contribution >= 4 is 71.4 Å². The summed E-state index contributed by atoms with van der Waals surface area (Å²) in [6.45, 7) is 0. The van der Waals surface area contributed by atoms with Gasteiger partial charge in [-0.3, -0.25) is 4.98 Å². The van der Waals surface area contributed by atoms with Gasteiger partial charge in [0.05, 0.1) is 11.2 Å². The van der Waals surface area contributed by atoms with Crippen LogP contribution in [-0.2, 0) is 0 Å². The molecule has 10 aromatic rings. The van der Waals surface area contributed by atoms with Crippen LogP contribution >= 0.6 is 0 Å². The molecule has 2 heterocycles. The molecule has 0 unspecified atom stereocenters. The predicted molar refractivity (Wildman–Crippen MR) is 210 cm³/mol. The van der Waals surface area contributed by atoms with E-state index in [0.717, 1.165) is 61.0 Å². The first-order chi connectivity index (χ1) is 24.8. The molecule has 0 fully saturated rings. The second kappa shape index (κ2) is 11.5. The molecule has 3 nitrogen and oxygen atoms in total. The van der Waals surface area contributed by atoms with Gasteiger partial charge in [-0.25, -0.2) is 0 Å². The van der Waals surface area contributed by atoms with Crippen LogP contribution in [0.2, 0.25) is 0 Å². The van der Waals surface area contributed by atoms with Gasteiger partial charge in [0, 0.05) is 33.7 Å². The standard InChI is InChI=1S/C47H30N2O/c1-3-19-37-31(11-1)13-7-21-39(37)33-15-5-17-35(29-33)49(36-18-6-16-34(30-36)40-22-8-14-32-12-2-4-20-38(32)40)45-25-9-23-41-42-26-27-44-43(24-10-28-48-44)46(42)50-47(41)45/h1-30H. The van der Waals surface area contributed by atoms with Crippen LogP contribution in [0.15, 0.2) is 187 Å². The Morgan fingerprint density at radius 1 is 0.400 bits per heavy atom. The van der Waals surface area contributed by atoms with Crippen LogP contribution in [-0.4, -0.2) is 4.98 Å². The summed E-state index contributed by atoms with van der Waals surface area (Å²) < 4.78 is 6.88. The molecule has 0 saturated heterocycles. The van der Waals surface area contributed by atoms with Gasteiger partial charge >= 0.3 is 0 Å². The van der Waals surface area contributed by atoms with Gasteiger partial charge in [0.25, 0.3) is 0 Å². The number of para-hydroxylation sites is 1. The lowest BCUT2D eigenvalue weighted by Crippen LogP contribution is -2.10. The minimum Gasteiger partial charge on any atom is -0.453 e. The van der Waals surface area contributed by atoms with Gasteiger partial charge in [0.2, 0.25) is 0 Å². The van der Waals surface area contributed by atoms with Crippen molar-refractivity contribution < 1.29 is 4.42 Å². The number of pyridine rings is 1. The van der Waals surface area contributed by atoms with Crippen molar-refractivity contribution in [3.63, 3.8) is 0 Å². The van der Waals surface area contributed by atoms with E-state index in [9.17, 15) is 0 Å². The summed E-state index contributed by atoms with van der Waals surface area (Å²) in [5.41, 5.74) is 10.4. The number of furan rings is 1. The maximum atomic E-state index is 6.88. The normalized spacial score (nSPS) is 11.6. The molecular formula is C47H30N2O. The summed E-state index contributed by atoms with van der Waals surface area (Å²) in [4.78, 5) is 6.95. The Kier molecular flexibility index (Phi) is 6.49. The molecule has 8 aromatic carbocycles. The molecule has 0 amide bonds. The fraction of sp³-hybridized carbons (Fsp3) is 0. The predicted octanol–water partition coefficient (Wildman–Crippen LogP) is 13.2. The van der Waals surface area contributed by atoms with Crippen LogP contribution < -0.4 is 4.90 Å². The third kappa shape index (κ3) is 4.56. The van der Waals surface area contributed by atoms with Crippen LogP contribution in [0.5, 0.6) is 0 Å². The average molecular weight is 639 g/mol. The Hall–Kier alpha value is -6.71. The number of rotatable bonds is 5. The van der Waals surface area contributed by atoms with Gasteiger partial charge in [-0.15, -0.1) is 0 Å². The number of fused-ring (bicyclic) bond motifs is 7. The van der Waals surface area contributed by atoms with Gasteiger partial charge in [0.1, 0.15) is 5.58 Å². The third-order valence-corrected chi connectivity index (χ3v) is 9.88. The Labute approximate surface area is 289 Å². The first kappa shape index (κ1) is 28.3. The van der Waals surface area contributed by atoms with Gasteiger partial charge in [-0.05, 0) is 98.4 Å². The van der Waals surface area contributed by atoms with Crippen molar-refractivity contribution in [3.05, 3.63) is 182 Å². The van der Waals surface area contributed by atoms with E-state index < -0.39 is 0 Å². The minimum absolute atomic E-state index is 0.838. The molecule has 0 aliphatic carbocycles. The lowest BCUT2D eigenvalue weighted by molar-refractivity contribution is 0.672. The molecule has 0 bridgehead atoms. The summed E-state index contributed by atoms with van der Waals surface area (Å²) in [6.07, 6.45) is 1.83. The van der Waals surface area contributed by atoms with E-state index in [1.54, 1.807) is 0 Å². The van der Waals surface area contributed by atoms with E-state index in [-0.39, 0.29) is 0 Å². The van der Waals surface area contributed by atoms with Gasteiger partial charge in [0.15, 0.2) is 5.58 Å². The monoisotopic (exact) mass is 638 g/mol. The van der Waals surface area contributed by atoms with Crippen molar-refractivity contribution in [2.24, 2.45) is 0 Å². The highest BCUT2D eigenvalue weighted by molar-refractivity contribution is 6.17. The lowest BCUT2D eigenvalue weighted by atomic mass is 9.97. The van der Waals surface area contributed by atoms with E-state index in [4.69, 9.17) is 4.42 Å². The van der Waals surface area contributed by atoms with Gasteiger partial charge < -0.3 is 9.32 Å². The molecule has 10 rings (SSSR count). The van der Waals surface area contributed by atoms with Crippen molar-refractivity contribution in [3.8, 4) is 22.3 Å². The molecule has 234 valence electrons. The van der Waals surface area contributed by atoms with Gasteiger partial charge in [-0.1, -0.05) is 121 Å². The molecule has 0 N–H and O–H groups in total. The zero-order valence-electron chi connectivity index (χ0n) is 27.1. The lowest BCUT2D eigenvalue weighted by Gasteiger charge is -2.27. The Morgan fingerprint density at radius 2 is 0.940 bits per heavy atom. The zero-order chi connectivity index (χ0) is 33.0. The van der Waals surface area contributed by atoms with Crippen LogP contribution in [0, 0.1) is 0 Å². The van der Waals surface area contributed by atoms with Crippen molar-refractivity contribution in [1.82, 2.24) is 4.98 Å². The third-order valence-electron chi connectivity index (χ3n) is 9.88. The minimum atomic E-state index is 0.838. The summed E-state index contributed by atoms with van der Waals surface area (Å²) in [5.74, 6) is 0. The topological polar surface area (TPSA) is 29.3 Å². The highest BCUT2D eigenvalue weighted by atomic mass is 16.3. The number of anilines is 3. The van der Waals surface area contributed by atoms with E-state index in [0.29, 0.717) is 0 Å². The zero-order valence-corrected chi connectivity index (χ0v) is 27.1. The number of hydrogen-bond acceptors (Lipinski definition) is 3. The smallest absolute Gasteiger partial charge is 0.159 e. The van der Waals surface area contributed by atoms with E-state index >= 15 is 0 Å². The molecule has 0 aliphatic heterocycles. The summed E-state index contributed by atoms with van der Waals surface area (Å²) in [5, 5.41) is 8.08. The van der Waals surface area contributed by atoms with Crippen LogP contribution in [0.25, 0.3) is 76.6 Å². The largest absolute Gasteiger partial charge is 0.453 e. The maximum absolute atomic E-state index is 6.88. The number of benzene rings is 8. The highest BCUT2D eigenvalue weighted by Gasteiger charge is 2.21. The molecule has 50 heavy (non-hydrogen) atoms. The first-order valence-corrected chi connectivity index (χ1v) is 17.0. The number of hydrogen-bond donors (Lipinski definition) is 0. The van der Waals surface area contributed by atoms with E-state index in [1.807, 2.05) is 12.3 Å². The fourth-order valence-electron chi connectivity index (χ4n) is 7.58. The van der Waals surface area contributed by atoms with E-state index in [2.05, 4.69) is 180 Å². The maximum Gasteiger partial charge on any atom is 0.159 e. The number of nitrogens with zero attached hydrogens (tertiary/aromatic N) is 2. The quantitative estimate of drug-likeness (QED) is 0.188. The fourth-order valence-corrected chi connectivity index (χ4v) is 7.58. The molecule has 0 saturated carbocycles. The summed E-state index contributed by atoms with van der Waals surface area (Å²) >= 11 is 0.